The van der Waals surface area contributed by atoms with Gasteiger partial charge in [0.05, 0.1) is 24.7 Å². The van der Waals surface area contributed by atoms with Crippen molar-refractivity contribution in [2.75, 3.05) is 39.2 Å². The SMILES string of the molecule is CNc1ncc(Br)cc1C(=O)N(CCC#N)CCOC. The van der Waals surface area contributed by atoms with E-state index in [0.717, 1.165) is 4.47 Å². The van der Waals surface area contributed by atoms with Crippen LogP contribution in [0.3, 0.4) is 0 Å². The summed E-state index contributed by atoms with van der Waals surface area (Å²) in [6.45, 7) is 1.23. The lowest BCUT2D eigenvalue weighted by atomic mass is 10.2. The summed E-state index contributed by atoms with van der Waals surface area (Å²) in [5, 5.41) is 11.6. The van der Waals surface area contributed by atoms with E-state index >= 15 is 0 Å². The molecule has 0 saturated carbocycles. The topological polar surface area (TPSA) is 78.3 Å². The lowest BCUT2D eigenvalue weighted by molar-refractivity contribution is 0.0700. The zero-order valence-corrected chi connectivity index (χ0v) is 13.1. The number of ether oxygens (including phenoxy) is 1. The van der Waals surface area contributed by atoms with Crippen LogP contribution in [-0.4, -0.2) is 49.6 Å². The Labute approximate surface area is 126 Å². The Kier molecular flexibility index (Phi) is 6.98. The number of nitriles is 1. The van der Waals surface area contributed by atoms with Crippen LogP contribution >= 0.6 is 15.9 Å². The van der Waals surface area contributed by atoms with Crippen LogP contribution in [-0.2, 0) is 4.74 Å². The van der Waals surface area contributed by atoms with Gasteiger partial charge in [0.1, 0.15) is 5.82 Å². The van der Waals surface area contributed by atoms with Crippen LogP contribution in [0.15, 0.2) is 16.7 Å². The molecule has 0 bridgehead atoms. The van der Waals surface area contributed by atoms with Crippen molar-refractivity contribution in [2.45, 2.75) is 6.42 Å². The summed E-state index contributed by atoms with van der Waals surface area (Å²) in [5.41, 5.74) is 0.468. The summed E-state index contributed by atoms with van der Waals surface area (Å²) in [5.74, 6) is 0.341. The number of hydrogen-bond donors (Lipinski definition) is 1. The third-order valence-electron chi connectivity index (χ3n) is 2.67. The molecule has 1 aromatic rings. The van der Waals surface area contributed by atoms with Gasteiger partial charge >= 0.3 is 0 Å². The molecule has 0 aliphatic rings. The van der Waals surface area contributed by atoms with Crippen molar-refractivity contribution in [1.29, 1.82) is 5.26 Å². The quantitative estimate of drug-likeness (QED) is 0.819. The molecule has 0 aliphatic heterocycles. The van der Waals surface area contributed by atoms with Gasteiger partial charge in [-0.15, -0.1) is 0 Å². The van der Waals surface area contributed by atoms with Gasteiger partial charge in [0.25, 0.3) is 5.91 Å². The maximum atomic E-state index is 12.5. The third kappa shape index (κ3) is 4.47. The van der Waals surface area contributed by atoms with Crippen LogP contribution in [0.25, 0.3) is 0 Å². The van der Waals surface area contributed by atoms with E-state index in [1.165, 1.54) is 0 Å². The first-order valence-corrected chi connectivity index (χ1v) is 6.91. The van der Waals surface area contributed by atoms with E-state index in [4.69, 9.17) is 10.00 Å². The van der Waals surface area contributed by atoms with Crippen LogP contribution in [0.2, 0.25) is 0 Å². The number of rotatable bonds is 7. The fraction of sp³-hybridized carbons (Fsp3) is 0.462. The molecule has 0 unspecified atom stereocenters. The molecule has 6 nitrogen and oxygen atoms in total. The number of nitrogens with zero attached hydrogens (tertiary/aromatic N) is 3. The number of hydrogen-bond acceptors (Lipinski definition) is 5. The number of carbonyl (C=O) groups is 1. The molecule has 1 N–H and O–H groups in total. The number of amides is 1. The maximum absolute atomic E-state index is 12.5. The molecule has 1 amide bonds. The number of halogens is 1. The Morgan fingerprint density at radius 3 is 2.95 bits per heavy atom. The highest BCUT2D eigenvalue weighted by Gasteiger charge is 2.19. The smallest absolute Gasteiger partial charge is 0.257 e. The third-order valence-corrected chi connectivity index (χ3v) is 3.10. The Morgan fingerprint density at radius 1 is 1.60 bits per heavy atom. The second-order valence-electron chi connectivity index (χ2n) is 3.99. The maximum Gasteiger partial charge on any atom is 0.257 e. The van der Waals surface area contributed by atoms with Crippen molar-refractivity contribution < 1.29 is 9.53 Å². The zero-order valence-electron chi connectivity index (χ0n) is 11.5. The molecular formula is C13H17BrN4O2. The number of carbonyl (C=O) groups excluding carboxylic acids is 1. The second-order valence-corrected chi connectivity index (χ2v) is 4.91. The van der Waals surface area contributed by atoms with Gasteiger partial charge < -0.3 is 15.0 Å². The Balaban J connectivity index is 2.98. The molecule has 1 rings (SSSR count). The molecule has 108 valence electrons. The first kappa shape index (κ1) is 16.4. The Morgan fingerprint density at radius 2 is 2.35 bits per heavy atom. The Bertz CT molecular complexity index is 502. The number of aromatic nitrogens is 1. The molecule has 0 fully saturated rings. The summed E-state index contributed by atoms with van der Waals surface area (Å²) in [4.78, 5) is 18.3. The van der Waals surface area contributed by atoms with Gasteiger partial charge in [-0.2, -0.15) is 5.26 Å². The predicted molar refractivity (Wildman–Crippen MR) is 79.5 cm³/mol. The van der Waals surface area contributed by atoms with Crippen molar-refractivity contribution in [3.8, 4) is 6.07 Å². The van der Waals surface area contributed by atoms with Gasteiger partial charge in [-0.05, 0) is 22.0 Å². The highest BCUT2D eigenvalue weighted by atomic mass is 79.9. The highest BCUT2D eigenvalue weighted by molar-refractivity contribution is 9.10. The molecule has 0 radical (unpaired) electrons. The summed E-state index contributed by atoms with van der Waals surface area (Å²) in [6, 6.07) is 3.76. The fourth-order valence-electron chi connectivity index (χ4n) is 1.67. The molecule has 0 aromatic carbocycles. The second kappa shape index (κ2) is 8.51. The van der Waals surface area contributed by atoms with Crippen molar-refractivity contribution >= 4 is 27.7 Å². The summed E-state index contributed by atoms with van der Waals surface area (Å²) >= 11 is 3.31. The van der Waals surface area contributed by atoms with Crippen LogP contribution in [0.4, 0.5) is 5.82 Å². The lowest BCUT2D eigenvalue weighted by Gasteiger charge is -2.22. The van der Waals surface area contributed by atoms with Crippen molar-refractivity contribution in [1.82, 2.24) is 9.88 Å². The molecule has 7 heteroatoms. The largest absolute Gasteiger partial charge is 0.383 e. The number of anilines is 1. The van der Waals surface area contributed by atoms with Crippen LogP contribution in [0, 0.1) is 11.3 Å². The van der Waals surface area contributed by atoms with Gasteiger partial charge in [0.2, 0.25) is 0 Å². The van der Waals surface area contributed by atoms with Gasteiger partial charge in [-0.1, -0.05) is 0 Å². The van der Waals surface area contributed by atoms with Crippen molar-refractivity contribution in [3.05, 3.63) is 22.3 Å². The molecule has 0 saturated heterocycles. The average Bonchev–Trinajstić information content (AvgIpc) is 2.46. The van der Waals surface area contributed by atoms with Crippen LogP contribution in [0.5, 0.6) is 0 Å². The minimum absolute atomic E-state index is 0.171. The fourth-order valence-corrected chi connectivity index (χ4v) is 2.00. The van der Waals surface area contributed by atoms with E-state index in [9.17, 15) is 4.79 Å². The van der Waals surface area contributed by atoms with Gasteiger partial charge in [0.15, 0.2) is 0 Å². The van der Waals surface area contributed by atoms with Crippen molar-refractivity contribution in [3.63, 3.8) is 0 Å². The molecule has 1 heterocycles. The van der Waals surface area contributed by atoms with E-state index in [0.29, 0.717) is 31.1 Å². The summed E-state index contributed by atoms with van der Waals surface area (Å²) in [6.07, 6.45) is 1.91. The number of pyridine rings is 1. The van der Waals surface area contributed by atoms with E-state index in [-0.39, 0.29) is 12.3 Å². The summed E-state index contributed by atoms with van der Waals surface area (Å²) < 4.78 is 5.73. The average molecular weight is 341 g/mol. The predicted octanol–water partition coefficient (Wildman–Crippen LogP) is 1.89. The van der Waals surface area contributed by atoms with Gasteiger partial charge in [0, 0.05) is 37.9 Å². The van der Waals surface area contributed by atoms with E-state index in [1.54, 1.807) is 31.3 Å². The minimum Gasteiger partial charge on any atom is -0.383 e. The minimum atomic E-state index is -0.171. The molecule has 1 aromatic heterocycles. The zero-order chi connectivity index (χ0) is 15.0. The van der Waals surface area contributed by atoms with Crippen LogP contribution < -0.4 is 5.32 Å². The van der Waals surface area contributed by atoms with E-state index < -0.39 is 0 Å². The Hall–Kier alpha value is -1.65. The molecule has 0 aliphatic carbocycles. The molecule has 0 spiro atoms. The standard InChI is InChI=1S/C13H17BrN4O2/c1-16-12-11(8-10(14)9-17-12)13(19)18(5-3-4-15)6-7-20-2/h8-9H,3,5-7H2,1-2H3,(H,16,17). The first-order valence-electron chi connectivity index (χ1n) is 6.12. The van der Waals surface area contributed by atoms with Gasteiger partial charge in [-0.25, -0.2) is 4.98 Å². The lowest BCUT2D eigenvalue weighted by Crippen LogP contribution is -2.35. The van der Waals surface area contributed by atoms with Gasteiger partial charge in [-0.3, -0.25) is 4.79 Å². The summed E-state index contributed by atoms with van der Waals surface area (Å²) in [7, 11) is 3.29. The van der Waals surface area contributed by atoms with Crippen LogP contribution in [0.1, 0.15) is 16.8 Å². The van der Waals surface area contributed by atoms with E-state index in [2.05, 4.69) is 26.2 Å². The molecular weight excluding hydrogens is 324 g/mol. The highest BCUT2D eigenvalue weighted by Crippen LogP contribution is 2.19. The normalized spacial score (nSPS) is 9.90. The van der Waals surface area contributed by atoms with E-state index in [1.807, 2.05) is 6.07 Å². The molecule has 0 atom stereocenters. The number of methoxy groups -OCH3 is 1. The number of nitrogens with one attached hydrogen (secondary N) is 1. The van der Waals surface area contributed by atoms with Crippen molar-refractivity contribution in [2.24, 2.45) is 0 Å². The molecule has 20 heavy (non-hydrogen) atoms. The first-order chi connectivity index (χ1) is 9.63. The monoisotopic (exact) mass is 340 g/mol.